The van der Waals surface area contributed by atoms with Gasteiger partial charge in [0.2, 0.25) is 17.8 Å². The Balaban J connectivity index is 1.44. The first-order valence-corrected chi connectivity index (χ1v) is 12.1. The van der Waals surface area contributed by atoms with E-state index in [0.717, 1.165) is 24.1 Å². The minimum absolute atomic E-state index is 0.0299. The van der Waals surface area contributed by atoms with Crippen molar-refractivity contribution in [3.8, 4) is 11.1 Å². The molecule has 2 saturated heterocycles. The largest absolute Gasteiger partial charge is 0.338 e. The van der Waals surface area contributed by atoms with E-state index in [1.807, 2.05) is 40.1 Å². The van der Waals surface area contributed by atoms with Gasteiger partial charge in [-0.3, -0.25) is 0 Å². The van der Waals surface area contributed by atoms with Gasteiger partial charge in [0, 0.05) is 56.0 Å². The van der Waals surface area contributed by atoms with Crippen LogP contribution in [0.2, 0.25) is 0 Å². The van der Waals surface area contributed by atoms with Crippen molar-refractivity contribution in [2.24, 2.45) is 22.9 Å². The smallest absolute Gasteiger partial charge is 0.233 e. The lowest BCUT2D eigenvalue weighted by Gasteiger charge is -2.37. The van der Waals surface area contributed by atoms with Crippen molar-refractivity contribution in [2.45, 2.75) is 37.0 Å². The fourth-order valence-electron chi connectivity index (χ4n) is 4.88. The maximum Gasteiger partial charge on any atom is 0.233 e. The number of hydrogen-bond donors (Lipinski definition) is 5. The topological polar surface area (TPSA) is 161 Å². The molecule has 2 aliphatic rings. The molecular weight excluding hydrogens is 440 g/mol. The van der Waals surface area contributed by atoms with E-state index in [9.17, 15) is 0 Å². The van der Waals surface area contributed by atoms with Gasteiger partial charge in [-0.2, -0.15) is 15.0 Å². The molecule has 0 radical (unpaired) electrons. The van der Waals surface area contributed by atoms with Gasteiger partial charge >= 0.3 is 0 Å². The lowest BCUT2D eigenvalue weighted by atomic mass is 10.0. The fourth-order valence-corrected chi connectivity index (χ4v) is 4.88. The zero-order chi connectivity index (χ0) is 24.4. The normalized spacial score (nSPS) is 24.9. The standard InChI is InChI=1S/C25H34N10/c26-18-10-19(27)13-34(12-18)24-31-23(32-25(33-24)35-14-20(28)11-21(29)15-35)30-22-8-6-17(7-9-22)16-4-2-1-3-5-16/h1-9,18-21H,10-15,26-29H2,(H,30,31,32,33)/t18-,19+,20-,21+. The number of nitrogens with one attached hydrogen (secondary N) is 1. The van der Waals surface area contributed by atoms with Crippen LogP contribution in [0.4, 0.5) is 23.5 Å². The van der Waals surface area contributed by atoms with E-state index in [1.54, 1.807) is 0 Å². The molecule has 2 fully saturated rings. The zero-order valence-electron chi connectivity index (χ0n) is 19.8. The third-order valence-corrected chi connectivity index (χ3v) is 6.46. The number of rotatable bonds is 5. The summed E-state index contributed by atoms with van der Waals surface area (Å²) in [6, 6.07) is 18.3. The number of nitrogens with two attached hydrogens (primary N) is 4. The average Bonchev–Trinajstić information content (AvgIpc) is 2.84. The average molecular weight is 475 g/mol. The zero-order valence-corrected chi connectivity index (χ0v) is 19.8. The van der Waals surface area contributed by atoms with E-state index in [2.05, 4.69) is 29.6 Å². The van der Waals surface area contributed by atoms with Crippen LogP contribution in [0.5, 0.6) is 0 Å². The van der Waals surface area contributed by atoms with Gasteiger partial charge in [-0.15, -0.1) is 0 Å². The highest BCUT2D eigenvalue weighted by molar-refractivity contribution is 5.67. The molecule has 3 heterocycles. The summed E-state index contributed by atoms with van der Waals surface area (Å²) in [6.07, 6.45) is 1.56. The first kappa shape index (κ1) is 23.4. The van der Waals surface area contributed by atoms with Crippen molar-refractivity contribution in [3.63, 3.8) is 0 Å². The summed E-state index contributed by atoms with van der Waals surface area (Å²) in [4.78, 5) is 18.3. The minimum Gasteiger partial charge on any atom is -0.338 e. The van der Waals surface area contributed by atoms with Crippen molar-refractivity contribution >= 4 is 23.5 Å². The molecule has 0 spiro atoms. The van der Waals surface area contributed by atoms with E-state index in [-0.39, 0.29) is 24.2 Å². The summed E-state index contributed by atoms with van der Waals surface area (Å²) in [6.45, 7) is 2.56. The van der Waals surface area contributed by atoms with Crippen LogP contribution in [0.25, 0.3) is 11.1 Å². The van der Waals surface area contributed by atoms with Gasteiger partial charge in [-0.05, 0) is 36.1 Å². The molecular formula is C25H34N10. The molecule has 35 heavy (non-hydrogen) atoms. The lowest BCUT2D eigenvalue weighted by molar-refractivity contribution is 0.441. The Morgan fingerprint density at radius 1 is 0.600 bits per heavy atom. The highest BCUT2D eigenvalue weighted by Crippen LogP contribution is 2.25. The van der Waals surface area contributed by atoms with Crippen LogP contribution < -0.4 is 38.1 Å². The maximum atomic E-state index is 6.24. The molecule has 0 bridgehead atoms. The fraction of sp³-hybridized carbons (Fsp3) is 0.400. The number of nitrogens with zero attached hydrogens (tertiary/aromatic N) is 5. The van der Waals surface area contributed by atoms with Crippen LogP contribution in [0.1, 0.15) is 12.8 Å². The molecule has 2 aliphatic heterocycles. The molecule has 0 saturated carbocycles. The summed E-state index contributed by atoms with van der Waals surface area (Å²) in [5.74, 6) is 1.56. The van der Waals surface area contributed by atoms with Crippen LogP contribution in [0, 0.1) is 0 Å². The number of benzene rings is 2. The van der Waals surface area contributed by atoms with Crippen LogP contribution in [-0.4, -0.2) is 65.3 Å². The molecule has 3 aromatic rings. The van der Waals surface area contributed by atoms with Gasteiger partial charge in [-0.25, -0.2) is 0 Å². The van der Waals surface area contributed by atoms with Gasteiger partial charge < -0.3 is 38.1 Å². The lowest BCUT2D eigenvalue weighted by Crippen LogP contribution is -2.54. The second-order valence-electron chi connectivity index (χ2n) is 9.65. The van der Waals surface area contributed by atoms with Crippen LogP contribution in [-0.2, 0) is 0 Å². The Morgan fingerprint density at radius 2 is 1.06 bits per heavy atom. The first-order valence-electron chi connectivity index (χ1n) is 12.1. The first-order chi connectivity index (χ1) is 16.9. The Bertz CT molecular complexity index is 1060. The number of aromatic nitrogens is 3. The van der Waals surface area contributed by atoms with Gasteiger partial charge in [0.05, 0.1) is 0 Å². The van der Waals surface area contributed by atoms with Gasteiger partial charge in [0.25, 0.3) is 0 Å². The van der Waals surface area contributed by atoms with Crippen LogP contribution in [0.15, 0.2) is 54.6 Å². The van der Waals surface area contributed by atoms with E-state index >= 15 is 0 Å². The maximum absolute atomic E-state index is 6.24. The second kappa shape index (κ2) is 10.1. The summed E-state index contributed by atoms with van der Waals surface area (Å²) < 4.78 is 0. The SMILES string of the molecule is N[C@@H]1C[C@H](N)CN(c2nc(Nc3ccc(-c4ccccc4)cc3)nc(N3C[C@H](N)C[C@H](N)C3)n2)C1. The van der Waals surface area contributed by atoms with E-state index < -0.39 is 0 Å². The quantitative estimate of drug-likeness (QED) is 0.361. The molecule has 184 valence electrons. The number of piperidine rings is 2. The summed E-state index contributed by atoms with van der Waals surface area (Å²) >= 11 is 0. The van der Waals surface area contributed by atoms with Crippen molar-refractivity contribution in [3.05, 3.63) is 54.6 Å². The monoisotopic (exact) mass is 474 g/mol. The molecule has 10 heteroatoms. The van der Waals surface area contributed by atoms with Crippen LogP contribution in [0.3, 0.4) is 0 Å². The predicted molar refractivity (Wildman–Crippen MR) is 141 cm³/mol. The Hall–Kier alpha value is -3.31. The molecule has 4 atom stereocenters. The molecule has 2 aromatic carbocycles. The molecule has 9 N–H and O–H groups in total. The summed E-state index contributed by atoms with van der Waals surface area (Å²) in [5, 5.41) is 3.35. The highest BCUT2D eigenvalue weighted by atomic mass is 15.4. The highest BCUT2D eigenvalue weighted by Gasteiger charge is 2.28. The number of hydrogen-bond acceptors (Lipinski definition) is 10. The van der Waals surface area contributed by atoms with E-state index in [4.69, 9.17) is 37.9 Å². The molecule has 0 unspecified atom stereocenters. The van der Waals surface area contributed by atoms with Crippen molar-refractivity contribution in [1.29, 1.82) is 0 Å². The summed E-state index contributed by atoms with van der Waals surface area (Å²) in [5.41, 5.74) is 28.2. The van der Waals surface area contributed by atoms with E-state index in [0.29, 0.717) is 44.0 Å². The molecule has 0 amide bonds. The Labute approximate surface area is 205 Å². The van der Waals surface area contributed by atoms with E-state index in [1.165, 1.54) is 5.56 Å². The van der Waals surface area contributed by atoms with Crippen molar-refractivity contribution in [2.75, 3.05) is 41.3 Å². The van der Waals surface area contributed by atoms with Gasteiger partial charge in [0.1, 0.15) is 0 Å². The van der Waals surface area contributed by atoms with Crippen LogP contribution >= 0.6 is 0 Å². The minimum atomic E-state index is -0.0299. The predicted octanol–water partition coefficient (Wildman–Crippen LogP) is 1.01. The van der Waals surface area contributed by atoms with Crippen molar-refractivity contribution in [1.82, 2.24) is 15.0 Å². The molecule has 0 aliphatic carbocycles. The van der Waals surface area contributed by atoms with Gasteiger partial charge in [0.15, 0.2) is 0 Å². The molecule has 5 rings (SSSR count). The Morgan fingerprint density at radius 3 is 1.54 bits per heavy atom. The molecule has 1 aromatic heterocycles. The second-order valence-corrected chi connectivity index (χ2v) is 9.65. The number of anilines is 4. The Kier molecular flexibility index (Phi) is 6.78. The third-order valence-electron chi connectivity index (χ3n) is 6.46. The molecule has 10 nitrogen and oxygen atoms in total. The van der Waals surface area contributed by atoms with Gasteiger partial charge in [-0.1, -0.05) is 42.5 Å². The van der Waals surface area contributed by atoms with Crippen molar-refractivity contribution < 1.29 is 0 Å². The third kappa shape index (κ3) is 5.68. The summed E-state index contributed by atoms with van der Waals surface area (Å²) in [7, 11) is 0.